The van der Waals surface area contributed by atoms with Crippen molar-refractivity contribution in [2.75, 3.05) is 22.9 Å². The van der Waals surface area contributed by atoms with E-state index in [0.29, 0.717) is 22.6 Å². The second kappa shape index (κ2) is 8.19. The maximum atomic E-state index is 14.5. The van der Waals surface area contributed by atoms with Gasteiger partial charge in [-0.1, -0.05) is 23.5 Å². The maximum Gasteiger partial charge on any atom is 0.330 e. The Bertz CT molecular complexity index is 1300. The van der Waals surface area contributed by atoms with Gasteiger partial charge in [0.25, 0.3) is 0 Å². The van der Waals surface area contributed by atoms with Crippen LogP contribution in [0.2, 0.25) is 0 Å². The van der Waals surface area contributed by atoms with Gasteiger partial charge in [0, 0.05) is 11.3 Å². The average molecular weight is 483 g/mol. The summed E-state index contributed by atoms with van der Waals surface area (Å²) in [4.78, 5) is 19.4. The van der Waals surface area contributed by atoms with Crippen LogP contribution in [-0.2, 0) is 10.0 Å². The molecule has 2 N–H and O–H groups in total. The number of halogens is 3. The summed E-state index contributed by atoms with van der Waals surface area (Å²) in [5.74, 6) is -1.20. The highest BCUT2D eigenvalue weighted by Gasteiger charge is 2.36. The molecule has 32 heavy (non-hydrogen) atoms. The van der Waals surface area contributed by atoms with Gasteiger partial charge in [0.15, 0.2) is 9.34 Å². The molecule has 1 saturated heterocycles. The van der Waals surface area contributed by atoms with E-state index < -0.39 is 33.9 Å². The van der Waals surface area contributed by atoms with E-state index >= 15 is 0 Å². The van der Waals surface area contributed by atoms with Crippen molar-refractivity contribution in [3.8, 4) is 11.1 Å². The number of nitrogens with two attached hydrogens (primary N) is 1. The Morgan fingerprint density at radius 1 is 1.09 bits per heavy atom. The van der Waals surface area contributed by atoms with Crippen LogP contribution in [-0.4, -0.2) is 38.7 Å². The molecule has 168 valence electrons. The predicted octanol–water partition coefficient (Wildman–Crippen LogP) is 3.83. The van der Waals surface area contributed by atoms with E-state index in [1.165, 1.54) is 36.1 Å². The number of anilines is 2. The van der Waals surface area contributed by atoms with E-state index in [4.69, 9.17) is 5.14 Å². The Hall–Kier alpha value is -2.96. The first-order valence-electron chi connectivity index (χ1n) is 9.33. The Morgan fingerprint density at radius 3 is 2.38 bits per heavy atom. The standard InChI is InChI=1S/C20H17F3N4O3S2/c1-11-18(32(24,29)30)31-19(25-11)27-10-14(22)9-26(20(27)28)15-5-2-12(3-6-15)16-8-13(21)4-7-17(16)23/h2-8,14H,9-10H2,1H3,(H2,24,29,30)/t14-/m1/s1. The molecule has 1 fully saturated rings. The van der Waals surface area contributed by atoms with E-state index in [-0.39, 0.29) is 33.7 Å². The number of urea groups is 1. The second-order valence-electron chi connectivity index (χ2n) is 7.19. The van der Waals surface area contributed by atoms with Crippen LogP contribution < -0.4 is 14.9 Å². The smallest absolute Gasteiger partial charge is 0.291 e. The van der Waals surface area contributed by atoms with Crippen molar-refractivity contribution >= 4 is 38.2 Å². The molecular formula is C20H17F3N4O3S2. The lowest BCUT2D eigenvalue weighted by atomic mass is 10.0. The van der Waals surface area contributed by atoms with Crippen molar-refractivity contribution in [2.24, 2.45) is 5.14 Å². The summed E-state index contributed by atoms with van der Waals surface area (Å²) in [7, 11) is -4.03. The fourth-order valence-corrected chi connectivity index (χ4v) is 5.37. The number of primary sulfonamides is 1. The summed E-state index contributed by atoms with van der Waals surface area (Å²) >= 11 is 0.689. The summed E-state index contributed by atoms with van der Waals surface area (Å²) in [6.07, 6.45) is -1.44. The number of thiazole rings is 1. The Kier molecular flexibility index (Phi) is 5.69. The number of hydrogen-bond donors (Lipinski definition) is 1. The van der Waals surface area contributed by atoms with Gasteiger partial charge in [-0.05, 0) is 42.8 Å². The van der Waals surface area contributed by atoms with E-state index in [1.807, 2.05) is 0 Å². The number of sulfonamides is 1. The maximum absolute atomic E-state index is 14.5. The van der Waals surface area contributed by atoms with Crippen LogP contribution >= 0.6 is 11.3 Å². The Labute approximate surface area is 186 Å². The minimum Gasteiger partial charge on any atom is -0.291 e. The lowest BCUT2D eigenvalue weighted by Crippen LogP contribution is -2.55. The Morgan fingerprint density at radius 2 is 1.75 bits per heavy atom. The second-order valence-corrected chi connectivity index (χ2v) is 9.92. The lowest BCUT2D eigenvalue weighted by Gasteiger charge is -2.36. The SMILES string of the molecule is Cc1nc(N2C[C@H](F)CN(c3ccc(-c4cc(F)ccc4F)cc3)C2=O)sc1S(N)(=O)=O. The molecule has 0 aliphatic carbocycles. The molecule has 2 amide bonds. The zero-order valence-corrected chi connectivity index (χ0v) is 18.3. The first-order chi connectivity index (χ1) is 15.0. The number of aromatic nitrogens is 1. The summed E-state index contributed by atoms with van der Waals surface area (Å²) < 4.78 is 65.2. The van der Waals surface area contributed by atoms with Gasteiger partial charge in [-0.25, -0.2) is 36.5 Å². The fraction of sp³-hybridized carbons (Fsp3) is 0.200. The molecule has 1 aliphatic rings. The minimum atomic E-state index is -4.03. The third-order valence-electron chi connectivity index (χ3n) is 4.87. The highest BCUT2D eigenvalue weighted by atomic mass is 32.2. The first kappa shape index (κ1) is 22.2. The van der Waals surface area contributed by atoms with Crippen LogP contribution in [0, 0.1) is 18.6 Å². The monoisotopic (exact) mass is 482 g/mol. The lowest BCUT2D eigenvalue weighted by molar-refractivity contribution is 0.236. The topological polar surface area (TPSA) is 96.6 Å². The van der Waals surface area contributed by atoms with Crippen molar-refractivity contribution < 1.29 is 26.4 Å². The molecule has 4 rings (SSSR count). The zero-order chi connectivity index (χ0) is 23.2. The third-order valence-corrected chi connectivity index (χ3v) is 7.61. The molecule has 2 aromatic carbocycles. The molecule has 7 nitrogen and oxygen atoms in total. The molecule has 12 heteroatoms. The number of carbonyl (C=O) groups excluding carboxylic acids is 1. The van der Waals surface area contributed by atoms with E-state index in [0.717, 1.165) is 23.1 Å². The molecule has 1 aromatic heterocycles. The van der Waals surface area contributed by atoms with Crippen molar-refractivity contribution in [2.45, 2.75) is 17.3 Å². The number of amides is 2. The molecule has 2 heterocycles. The summed E-state index contributed by atoms with van der Waals surface area (Å²) in [6.45, 7) is 0.914. The van der Waals surface area contributed by atoms with Crippen molar-refractivity contribution in [3.05, 3.63) is 59.8 Å². The normalized spacial score (nSPS) is 17.2. The van der Waals surface area contributed by atoms with Crippen molar-refractivity contribution in [1.82, 2.24) is 4.98 Å². The van der Waals surface area contributed by atoms with Crippen LogP contribution in [0.15, 0.2) is 46.7 Å². The molecule has 0 radical (unpaired) electrons. The summed E-state index contributed by atoms with van der Waals surface area (Å²) in [5.41, 5.74) is 0.898. The van der Waals surface area contributed by atoms with Crippen molar-refractivity contribution in [1.29, 1.82) is 0 Å². The first-order valence-corrected chi connectivity index (χ1v) is 11.7. The number of carbonyl (C=O) groups is 1. The van der Waals surface area contributed by atoms with E-state index in [1.54, 1.807) is 0 Å². The number of rotatable bonds is 4. The average Bonchev–Trinajstić information content (AvgIpc) is 3.13. The molecule has 1 atom stereocenters. The number of nitrogens with zero attached hydrogens (tertiary/aromatic N) is 3. The largest absolute Gasteiger partial charge is 0.330 e. The highest BCUT2D eigenvalue weighted by Crippen LogP contribution is 2.33. The number of aryl methyl sites for hydroxylation is 1. The Balaban J connectivity index is 1.64. The minimum absolute atomic E-state index is 0.0160. The molecule has 0 unspecified atom stereocenters. The van der Waals surface area contributed by atoms with Crippen LogP contribution in [0.3, 0.4) is 0 Å². The molecular weight excluding hydrogens is 465 g/mol. The molecule has 3 aromatic rings. The summed E-state index contributed by atoms with van der Waals surface area (Å²) in [6, 6.07) is 8.48. The van der Waals surface area contributed by atoms with Gasteiger partial charge in [-0.2, -0.15) is 0 Å². The van der Waals surface area contributed by atoms with Gasteiger partial charge in [0.2, 0.25) is 10.0 Å². The quantitative estimate of drug-likeness (QED) is 0.611. The van der Waals surface area contributed by atoms with Gasteiger partial charge >= 0.3 is 6.03 Å². The van der Waals surface area contributed by atoms with Crippen LogP contribution in [0.4, 0.5) is 28.8 Å². The van der Waals surface area contributed by atoms with Crippen LogP contribution in [0.25, 0.3) is 11.1 Å². The van der Waals surface area contributed by atoms with Crippen LogP contribution in [0.1, 0.15) is 5.69 Å². The predicted molar refractivity (Wildman–Crippen MR) is 115 cm³/mol. The third kappa shape index (κ3) is 4.20. The van der Waals surface area contributed by atoms with Gasteiger partial charge in [0.05, 0.1) is 18.8 Å². The molecule has 0 spiro atoms. The number of alkyl halides is 1. The van der Waals surface area contributed by atoms with Gasteiger partial charge in [-0.3, -0.25) is 9.80 Å². The molecule has 0 saturated carbocycles. The van der Waals surface area contributed by atoms with Crippen molar-refractivity contribution in [3.63, 3.8) is 0 Å². The van der Waals surface area contributed by atoms with Gasteiger partial charge < -0.3 is 0 Å². The van der Waals surface area contributed by atoms with Gasteiger partial charge in [-0.15, -0.1) is 0 Å². The van der Waals surface area contributed by atoms with E-state index in [2.05, 4.69) is 4.98 Å². The molecule has 1 aliphatic heterocycles. The van der Waals surface area contributed by atoms with Crippen LogP contribution in [0.5, 0.6) is 0 Å². The van der Waals surface area contributed by atoms with Gasteiger partial charge in [0.1, 0.15) is 17.8 Å². The molecule has 0 bridgehead atoms. The number of hydrogen-bond acceptors (Lipinski definition) is 5. The highest BCUT2D eigenvalue weighted by molar-refractivity contribution is 7.91. The number of benzene rings is 2. The zero-order valence-electron chi connectivity index (χ0n) is 16.6. The summed E-state index contributed by atoms with van der Waals surface area (Å²) in [5, 5.41) is 5.18. The fourth-order valence-electron chi connectivity index (χ4n) is 3.42. The van der Waals surface area contributed by atoms with E-state index in [9.17, 15) is 26.4 Å².